The summed E-state index contributed by atoms with van der Waals surface area (Å²) in [5, 5.41) is 9.88. The van der Waals surface area contributed by atoms with Gasteiger partial charge in [0.25, 0.3) is 0 Å². The SMILES string of the molecule is COC(=O)C(C)(C)[C@H]1Oc2cc(C)c(Cl)cc2C(=O)/C1=C\O. The Bertz CT molecular complexity index is 675. The van der Waals surface area contributed by atoms with Gasteiger partial charge in [0, 0.05) is 5.02 Å². The Balaban J connectivity index is 2.58. The third-order valence-electron chi connectivity index (χ3n) is 3.80. The third-order valence-corrected chi connectivity index (χ3v) is 4.21. The first kappa shape index (κ1) is 16.4. The van der Waals surface area contributed by atoms with E-state index < -0.39 is 23.3 Å². The van der Waals surface area contributed by atoms with Gasteiger partial charge in [-0.1, -0.05) is 11.6 Å². The molecule has 0 aliphatic carbocycles. The van der Waals surface area contributed by atoms with Crippen molar-refractivity contribution in [3.8, 4) is 5.75 Å². The maximum atomic E-state index is 12.6. The number of Topliss-reactive ketones (excluding diaryl/α,β-unsaturated/α-hetero) is 1. The van der Waals surface area contributed by atoms with Crippen molar-refractivity contribution in [3.63, 3.8) is 0 Å². The van der Waals surface area contributed by atoms with Crippen LogP contribution in [0.4, 0.5) is 0 Å². The van der Waals surface area contributed by atoms with E-state index in [9.17, 15) is 14.7 Å². The number of aliphatic hydroxyl groups is 1. The van der Waals surface area contributed by atoms with Crippen molar-refractivity contribution >= 4 is 23.4 Å². The second-order valence-electron chi connectivity index (χ2n) is 5.72. The molecule has 1 atom stereocenters. The molecule has 1 N–H and O–H groups in total. The van der Waals surface area contributed by atoms with E-state index in [0.29, 0.717) is 17.0 Å². The lowest BCUT2D eigenvalue weighted by Crippen LogP contribution is -2.46. The first-order chi connectivity index (χ1) is 10.2. The zero-order chi connectivity index (χ0) is 16.7. The van der Waals surface area contributed by atoms with Gasteiger partial charge >= 0.3 is 5.97 Å². The Hall–Kier alpha value is -2.01. The molecule has 0 saturated heterocycles. The van der Waals surface area contributed by atoms with E-state index in [2.05, 4.69) is 0 Å². The summed E-state index contributed by atoms with van der Waals surface area (Å²) in [6.07, 6.45) is -0.278. The van der Waals surface area contributed by atoms with Gasteiger partial charge in [-0.2, -0.15) is 0 Å². The molecule has 5 nitrogen and oxygen atoms in total. The van der Waals surface area contributed by atoms with Crippen LogP contribution >= 0.6 is 11.6 Å². The van der Waals surface area contributed by atoms with Gasteiger partial charge in [0.15, 0.2) is 5.78 Å². The number of hydrogen-bond acceptors (Lipinski definition) is 5. The third kappa shape index (κ3) is 2.46. The standard InChI is InChI=1S/C16H17ClO5/c1-8-5-12-9(6-11(8)17)13(19)10(7-18)14(22-12)16(2,3)15(20)21-4/h5-7,14,18H,1-4H3/b10-7+/t14-/m0/s1. The number of hydrogen-bond donors (Lipinski definition) is 1. The molecule has 22 heavy (non-hydrogen) atoms. The van der Waals surface area contributed by atoms with Gasteiger partial charge < -0.3 is 14.6 Å². The lowest BCUT2D eigenvalue weighted by atomic mass is 9.78. The molecule has 118 valence electrons. The predicted octanol–water partition coefficient (Wildman–Crippen LogP) is 3.23. The van der Waals surface area contributed by atoms with Gasteiger partial charge in [0.05, 0.1) is 24.5 Å². The number of rotatable bonds is 2. The topological polar surface area (TPSA) is 72.8 Å². The van der Waals surface area contributed by atoms with Crippen molar-refractivity contribution in [2.45, 2.75) is 26.9 Å². The smallest absolute Gasteiger partial charge is 0.315 e. The number of aliphatic hydroxyl groups excluding tert-OH is 1. The van der Waals surface area contributed by atoms with Crippen molar-refractivity contribution in [3.05, 3.63) is 40.1 Å². The fourth-order valence-corrected chi connectivity index (χ4v) is 2.59. The molecule has 1 aliphatic rings. The van der Waals surface area contributed by atoms with Gasteiger partial charge in [0.1, 0.15) is 17.3 Å². The first-order valence-electron chi connectivity index (χ1n) is 6.68. The largest absolute Gasteiger partial charge is 0.515 e. The molecule has 0 unspecified atom stereocenters. The van der Waals surface area contributed by atoms with E-state index in [1.807, 2.05) is 0 Å². The summed E-state index contributed by atoms with van der Waals surface area (Å²) < 4.78 is 10.6. The summed E-state index contributed by atoms with van der Waals surface area (Å²) in [5.74, 6) is -0.633. The first-order valence-corrected chi connectivity index (χ1v) is 7.06. The Labute approximate surface area is 133 Å². The van der Waals surface area contributed by atoms with Crippen molar-refractivity contribution in [1.82, 2.24) is 0 Å². The second kappa shape index (κ2) is 5.65. The van der Waals surface area contributed by atoms with Crippen LogP contribution in [0, 0.1) is 12.3 Å². The summed E-state index contributed by atoms with van der Waals surface area (Å²) in [6, 6.07) is 3.14. The maximum Gasteiger partial charge on any atom is 0.315 e. The number of carbonyl (C=O) groups is 2. The fraction of sp³-hybridized carbons (Fsp3) is 0.375. The molecule has 1 aliphatic heterocycles. The molecule has 6 heteroatoms. The van der Waals surface area contributed by atoms with E-state index >= 15 is 0 Å². The van der Waals surface area contributed by atoms with E-state index in [4.69, 9.17) is 21.1 Å². The van der Waals surface area contributed by atoms with E-state index in [0.717, 1.165) is 5.56 Å². The fourth-order valence-electron chi connectivity index (χ4n) is 2.43. The summed E-state index contributed by atoms with van der Waals surface area (Å²) in [4.78, 5) is 24.6. The van der Waals surface area contributed by atoms with Crippen LogP contribution in [-0.4, -0.2) is 30.1 Å². The molecule has 1 heterocycles. The highest BCUT2D eigenvalue weighted by atomic mass is 35.5. The lowest BCUT2D eigenvalue weighted by Gasteiger charge is -2.36. The highest BCUT2D eigenvalue weighted by Gasteiger charge is 2.47. The quantitative estimate of drug-likeness (QED) is 0.513. The van der Waals surface area contributed by atoms with Crippen molar-refractivity contribution in [2.75, 3.05) is 7.11 Å². The summed E-state index contributed by atoms with van der Waals surface area (Å²) >= 11 is 6.04. The molecule has 1 aromatic rings. The molecule has 0 saturated carbocycles. The Morgan fingerprint density at radius 3 is 2.64 bits per heavy atom. The number of ether oxygens (including phenoxy) is 2. The number of ketones is 1. The predicted molar refractivity (Wildman–Crippen MR) is 81.4 cm³/mol. The van der Waals surface area contributed by atoms with Crippen LogP contribution in [0.25, 0.3) is 0 Å². The van der Waals surface area contributed by atoms with Gasteiger partial charge in [-0.25, -0.2) is 0 Å². The van der Waals surface area contributed by atoms with E-state index in [1.54, 1.807) is 26.8 Å². The summed E-state index contributed by atoms with van der Waals surface area (Å²) in [6.45, 7) is 4.97. The van der Waals surface area contributed by atoms with Crippen molar-refractivity contribution < 1.29 is 24.2 Å². The van der Waals surface area contributed by atoms with Gasteiger partial charge in [-0.3, -0.25) is 9.59 Å². The maximum absolute atomic E-state index is 12.6. The van der Waals surface area contributed by atoms with Crippen LogP contribution in [0.15, 0.2) is 24.0 Å². The molecule has 0 spiro atoms. The number of esters is 1. The summed E-state index contributed by atoms with van der Waals surface area (Å²) in [7, 11) is 1.26. The number of carbonyl (C=O) groups excluding carboxylic acids is 2. The molecule has 0 bridgehead atoms. The van der Waals surface area contributed by atoms with Crippen LogP contribution in [0.3, 0.4) is 0 Å². The average Bonchev–Trinajstić information content (AvgIpc) is 2.48. The normalized spacial score (nSPS) is 19.6. The second-order valence-corrected chi connectivity index (χ2v) is 6.13. The highest BCUT2D eigenvalue weighted by molar-refractivity contribution is 6.32. The monoisotopic (exact) mass is 324 g/mol. The molecule has 0 amide bonds. The zero-order valence-electron chi connectivity index (χ0n) is 12.8. The highest BCUT2D eigenvalue weighted by Crippen LogP contribution is 2.40. The van der Waals surface area contributed by atoms with Crippen molar-refractivity contribution in [1.29, 1.82) is 0 Å². The number of benzene rings is 1. The Morgan fingerprint density at radius 1 is 1.45 bits per heavy atom. The molecule has 0 radical (unpaired) electrons. The molecular formula is C16H17ClO5. The van der Waals surface area contributed by atoms with Crippen LogP contribution in [0.1, 0.15) is 29.8 Å². The minimum absolute atomic E-state index is 0.0113. The number of halogens is 1. The lowest BCUT2D eigenvalue weighted by molar-refractivity contribution is -0.155. The number of fused-ring (bicyclic) bond motifs is 1. The van der Waals surface area contributed by atoms with Gasteiger partial charge in [-0.05, 0) is 38.5 Å². The molecule has 2 rings (SSSR count). The molecule has 0 aromatic heterocycles. The van der Waals surface area contributed by atoms with Crippen LogP contribution < -0.4 is 4.74 Å². The Morgan fingerprint density at radius 2 is 2.09 bits per heavy atom. The Kier molecular flexibility index (Phi) is 4.20. The number of aryl methyl sites for hydroxylation is 1. The van der Waals surface area contributed by atoms with Crippen molar-refractivity contribution in [2.24, 2.45) is 5.41 Å². The van der Waals surface area contributed by atoms with Gasteiger partial charge in [0.2, 0.25) is 0 Å². The molecule has 0 fully saturated rings. The van der Waals surface area contributed by atoms with E-state index in [-0.39, 0.29) is 11.1 Å². The van der Waals surface area contributed by atoms with Crippen LogP contribution in [0.5, 0.6) is 5.75 Å². The minimum atomic E-state index is -1.15. The molecular weight excluding hydrogens is 308 g/mol. The van der Waals surface area contributed by atoms with Crippen LogP contribution in [0.2, 0.25) is 5.02 Å². The average molecular weight is 325 g/mol. The molecule has 1 aromatic carbocycles. The van der Waals surface area contributed by atoms with Gasteiger partial charge in [-0.15, -0.1) is 0 Å². The summed E-state index contributed by atoms with van der Waals surface area (Å²) in [5.41, 5.74) is -0.153. The minimum Gasteiger partial charge on any atom is -0.515 e. The van der Waals surface area contributed by atoms with Crippen LogP contribution in [-0.2, 0) is 9.53 Å². The zero-order valence-corrected chi connectivity index (χ0v) is 13.5. The number of methoxy groups -OCH3 is 1. The van der Waals surface area contributed by atoms with E-state index in [1.165, 1.54) is 13.2 Å².